The fourth-order valence-corrected chi connectivity index (χ4v) is 3.35. The lowest BCUT2D eigenvalue weighted by Gasteiger charge is -2.09. The minimum atomic E-state index is -0.556. The molecule has 0 N–H and O–H groups in total. The Labute approximate surface area is 200 Å². The number of carbonyl (C=O) groups excluding carboxylic acids is 1. The first-order valence-corrected chi connectivity index (χ1v) is 10.7. The van der Waals surface area contributed by atoms with Gasteiger partial charge in [0.15, 0.2) is 11.5 Å². The van der Waals surface area contributed by atoms with Crippen LogP contribution in [-0.4, -0.2) is 29.0 Å². The number of para-hydroxylation sites is 1. The molecule has 0 fully saturated rings. The van der Waals surface area contributed by atoms with E-state index in [2.05, 4.69) is 10.1 Å². The normalized spacial score (nSPS) is 11.4. The predicted molar refractivity (Wildman–Crippen MR) is 133 cm³/mol. The Bertz CT molecular complexity index is 1470. The van der Waals surface area contributed by atoms with Gasteiger partial charge >= 0.3 is 5.97 Å². The number of methoxy groups -OCH3 is 1. The van der Waals surface area contributed by atoms with Crippen LogP contribution >= 0.6 is 11.6 Å². The van der Waals surface area contributed by atoms with Gasteiger partial charge in [0.1, 0.15) is 5.82 Å². The van der Waals surface area contributed by atoms with Gasteiger partial charge in [0.05, 0.1) is 24.2 Å². The largest absolute Gasteiger partial charge is 0.493 e. The molecule has 34 heavy (non-hydrogen) atoms. The molecule has 4 rings (SSSR count). The zero-order valence-corrected chi connectivity index (χ0v) is 19.2. The predicted octanol–water partition coefficient (Wildman–Crippen LogP) is 4.87. The van der Waals surface area contributed by atoms with Crippen molar-refractivity contribution in [3.05, 3.63) is 105 Å². The number of aryl methyl sites for hydroxylation is 1. The summed E-state index contributed by atoms with van der Waals surface area (Å²) in [6, 6.07) is 19.1. The van der Waals surface area contributed by atoms with Crippen molar-refractivity contribution in [3.8, 4) is 11.5 Å². The smallest absolute Gasteiger partial charge is 0.336 e. The van der Waals surface area contributed by atoms with Gasteiger partial charge in [-0.25, -0.2) is 9.78 Å². The fourth-order valence-electron chi connectivity index (χ4n) is 3.22. The van der Waals surface area contributed by atoms with Crippen LogP contribution in [0.5, 0.6) is 11.5 Å². The highest BCUT2D eigenvalue weighted by Gasteiger charge is 2.10. The molecule has 7 nitrogen and oxygen atoms in total. The van der Waals surface area contributed by atoms with Crippen molar-refractivity contribution in [1.29, 1.82) is 0 Å². The Morgan fingerprint density at radius 1 is 1.03 bits per heavy atom. The second-order valence-corrected chi connectivity index (χ2v) is 7.69. The number of hydrogen-bond acceptors (Lipinski definition) is 6. The molecule has 0 saturated carbocycles. The second-order valence-electron chi connectivity index (χ2n) is 7.25. The Morgan fingerprint density at radius 3 is 2.53 bits per heavy atom. The van der Waals surface area contributed by atoms with Crippen molar-refractivity contribution in [3.63, 3.8) is 0 Å². The molecule has 0 aliphatic rings. The van der Waals surface area contributed by atoms with E-state index in [4.69, 9.17) is 21.1 Å². The SMILES string of the molecule is COc1cc(C=Nn2c(C)nc3ccccc3c2=O)ccc1OC(=O)/C=C/c1ccc(Cl)cc1. The Hall–Kier alpha value is -4.23. The average molecular weight is 474 g/mol. The summed E-state index contributed by atoms with van der Waals surface area (Å²) in [7, 11) is 1.47. The van der Waals surface area contributed by atoms with Crippen molar-refractivity contribution in [1.82, 2.24) is 9.66 Å². The molecule has 0 bridgehead atoms. The molecule has 0 unspecified atom stereocenters. The number of ether oxygens (including phenoxy) is 2. The topological polar surface area (TPSA) is 82.8 Å². The van der Waals surface area contributed by atoms with E-state index in [0.717, 1.165) is 5.56 Å². The van der Waals surface area contributed by atoms with Gasteiger partial charge < -0.3 is 9.47 Å². The van der Waals surface area contributed by atoms with E-state index in [1.54, 1.807) is 73.7 Å². The lowest BCUT2D eigenvalue weighted by Crippen LogP contribution is -2.20. The first kappa shape index (κ1) is 22.9. The van der Waals surface area contributed by atoms with Gasteiger partial charge in [-0.1, -0.05) is 35.9 Å². The molecule has 0 aliphatic heterocycles. The number of nitrogens with zero attached hydrogens (tertiary/aromatic N) is 3. The number of aromatic nitrogens is 2. The number of halogens is 1. The van der Waals surface area contributed by atoms with Crippen LogP contribution in [0, 0.1) is 6.92 Å². The van der Waals surface area contributed by atoms with E-state index in [1.807, 2.05) is 6.07 Å². The second kappa shape index (κ2) is 10.1. The van der Waals surface area contributed by atoms with Gasteiger partial charge in [0.25, 0.3) is 5.56 Å². The molecule has 0 amide bonds. The van der Waals surface area contributed by atoms with Crippen molar-refractivity contribution < 1.29 is 14.3 Å². The van der Waals surface area contributed by atoms with Crippen LogP contribution in [-0.2, 0) is 4.79 Å². The minimum Gasteiger partial charge on any atom is -0.493 e. The highest BCUT2D eigenvalue weighted by atomic mass is 35.5. The highest BCUT2D eigenvalue weighted by molar-refractivity contribution is 6.30. The third-order valence-corrected chi connectivity index (χ3v) is 5.17. The summed E-state index contributed by atoms with van der Waals surface area (Å²) < 4.78 is 12.0. The molecule has 8 heteroatoms. The number of hydrogen-bond donors (Lipinski definition) is 0. The highest BCUT2D eigenvalue weighted by Crippen LogP contribution is 2.28. The molecule has 1 aromatic heterocycles. The molecule has 0 aliphatic carbocycles. The molecule has 4 aromatic rings. The lowest BCUT2D eigenvalue weighted by molar-refractivity contribution is -0.129. The van der Waals surface area contributed by atoms with Crippen LogP contribution in [0.3, 0.4) is 0 Å². The van der Waals surface area contributed by atoms with Crippen LogP contribution < -0.4 is 15.0 Å². The van der Waals surface area contributed by atoms with E-state index >= 15 is 0 Å². The molecule has 0 saturated heterocycles. The third-order valence-electron chi connectivity index (χ3n) is 4.92. The maximum Gasteiger partial charge on any atom is 0.336 e. The van der Waals surface area contributed by atoms with Gasteiger partial charge in [-0.05, 0) is 66.6 Å². The van der Waals surface area contributed by atoms with Crippen LogP contribution in [0.1, 0.15) is 17.0 Å². The Balaban J connectivity index is 1.53. The van der Waals surface area contributed by atoms with Crippen molar-refractivity contribution >= 4 is 40.8 Å². The first-order chi connectivity index (χ1) is 16.4. The van der Waals surface area contributed by atoms with E-state index in [-0.39, 0.29) is 11.3 Å². The van der Waals surface area contributed by atoms with Gasteiger partial charge in [-0.3, -0.25) is 4.79 Å². The quantitative estimate of drug-likeness (QED) is 0.173. The Morgan fingerprint density at radius 2 is 1.76 bits per heavy atom. The molecule has 0 atom stereocenters. The van der Waals surface area contributed by atoms with E-state index < -0.39 is 5.97 Å². The standard InChI is InChI=1S/C26H20ClN3O4/c1-17-29-22-6-4-3-5-21(22)26(32)30(17)28-16-19-9-13-23(24(15-19)33-2)34-25(31)14-10-18-7-11-20(27)12-8-18/h3-16H,1-2H3/b14-10+,28-16?. The zero-order chi connectivity index (χ0) is 24.1. The molecule has 1 heterocycles. The molecule has 0 spiro atoms. The Kier molecular flexibility index (Phi) is 6.85. The van der Waals surface area contributed by atoms with Crippen molar-refractivity contribution in [2.45, 2.75) is 6.92 Å². The summed E-state index contributed by atoms with van der Waals surface area (Å²) in [5.41, 5.74) is 1.82. The number of fused-ring (bicyclic) bond motifs is 1. The van der Waals surface area contributed by atoms with Crippen LogP contribution in [0.4, 0.5) is 0 Å². The van der Waals surface area contributed by atoms with Gasteiger partial charge in [0, 0.05) is 11.1 Å². The maximum absolute atomic E-state index is 12.8. The van der Waals surface area contributed by atoms with Gasteiger partial charge in [-0.2, -0.15) is 9.78 Å². The van der Waals surface area contributed by atoms with Crippen LogP contribution in [0.15, 0.2) is 82.7 Å². The summed E-state index contributed by atoms with van der Waals surface area (Å²) in [5, 5.41) is 5.39. The zero-order valence-electron chi connectivity index (χ0n) is 18.4. The summed E-state index contributed by atoms with van der Waals surface area (Å²) in [6.07, 6.45) is 4.46. The van der Waals surface area contributed by atoms with Crippen molar-refractivity contribution in [2.75, 3.05) is 7.11 Å². The number of carbonyl (C=O) groups is 1. The number of benzene rings is 3. The fraction of sp³-hybridized carbons (Fsp3) is 0.0769. The lowest BCUT2D eigenvalue weighted by atomic mass is 10.2. The van der Waals surface area contributed by atoms with Crippen LogP contribution in [0.2, 0.25) is 5.02 Å². The monoisotopic (exact) mass is 473 g/mol. The van der Waals surface area contributed by atoms with E-state index in [9.17, 15) is 9.59 Å². The van der Waals surface area contributed by atoms with E-state index in [1.165, 1.54) is 24.1 Å². The molecule has 170 valence electrons. The summed E-state index contributed by atoms with van der Waals surface area (Å²) >= 11 is 5.86. The minimum absolute atomic E-state index is 0.256. The molecular weight excluding hydrogens is 454 g/mol. The molecule has 3 aromatic carbocycles. The summed E-state index contributed by atoms with van der Waals surface area (Å²) in [5.74, 6) is 0.507. The maximum atomic E-state index is 12.8. The van der Waals surface area contributed by atoms with Gasteiger partial charge in [0.2, 0.25) is 0 Å². The number of esters is 1. The van der Waals surface area contributed by atoms with Crippen LogP contribution in [0.25, 0.3) is 17.0 Å². The molecular formula is C26H20ClN3O4. The van der Waals surface area contributed by atoms with E-state index in [0.29, 0.717) is 33.1 Å². The first-order valence-electron chi connectivity index (χ1n) is 10.3. The summed E-state index contributed by atoms with van der Waals surface area (Å²) in [6.45, 7) is 1.71. The third kappa shape index (κ3) is 5.22. The molecule has 0 radical (unpaired) electrons. The van der Waals surface area contributed by atoms with Gasteiger partial charge in [-0.15, -0.1) is 0 Å². The van der Waals surface area contributed by atoms with Crippen molar-refractivity contribution in [2.24, 2.45) is 5.10 Å². The number of rotatable bonds is 6. The average Bonchev–Trinajstić information content (AvgIpc) is 2.84. The summed E-state index contributed by atoms with van der Waals surface area (Å²) in [4.78, 5) is 29.4.